The first-order chi connectivity index (χ1) is 9.31. The zero-order valence-electron chi connectivity index (χ0n) is 12.4. The summed E-state index contributed by atoms with van der Waals surface area (Å²) in [4.78, 5) is 0. The van der Waals surface area contributed by atoms with Crippen LogP contribution < -0.4 is 5.73 Å². The quantitative estimate of drug-likeness (QED) is 0.684. The second-order valence-corrected chi connectivity index (χ2v) is 6.16. The van der Waals surface area contributed by atoms with Crippen LogP contribution in [0.2, 0.25) is 0 Å². The topological polar surface area (TPSA) is 26.0 Å². The molecule has 0 radical (unpaired) electrons. The highest BCUT2D eigenvalue weighted by Crippen LogP contribution is 2.29. The predicted octanol–water partition coefficient (Wildman–Crippen LogP) is 4.48. The van der Waals surface area contributed by atoms with Crippen LogP contribution in [0.1, 0.15) is 63.0 Å². The molecule has 1 heteroatoms. The highest BCUT2D eigenvalue weighted by atomic mass is 14.7. The number of hydrogen-bond acceptors (Lipinski definition) is 1. The Morgan fingerprint density at radius 1 is 1.00 bits per heavy atom. The van der Waals surface area contributed by atoms with E-state index in [1.54, 1.807) is 0 Å². The Bertz CT molecular complexity index is 347. The predicted molar refractivity (Wildman–Crippen MR) is 83.3 cm³/mol. The van der Waals surface area contributed by atoms with Gasteiger partial charge in [0.05, 0.1) is 0 Å². The van der Waals surface area contributed by atoms with E-state index in [9.17, 15) is 0 Å². The number of rotatable bonds is 8. The number of hydrogen-bond donors (Lipinski definition) is 1. The Morgan fingerprint density at radius 3 is 2.21 bits per heavy atom. The van der Waals surface area contributed by atoms with Gasteiger partial charge in [-0.1, -0.05) is 69.7 Å². The minimum Gasteiger partial charge on any atom is -0.327 e. The summed E-state index contributed by atoms with van der Waals surface area (Å²) in [6.07, 6.45) is 11.8. The molecule has 0 amide bonds. The highest BCUT2D eigenvalue weighted by molar-refractivity contribution is 5.32. The van der Waals surface area contributed by atoms with E-state index in [2.05, 4.69) is 31.2 Å². The maximum absolute atomic E-state index is 6.40. The van der Waals surface area contributed by atoms with Crippen LogP contribution in [-0.2, 0) is 12.8 Å². The van der Waals surface area contributed by atoms with Crippen molar-refractivity contribution in [3.05, 3.63) is 35.4 Å². The molecule has 0 saturated heterocycles. The second kappa shape index (κ2) is 7.69. The van der Waals surface area contributed by atoms with Crippen molar-refractivity contribution in [3.63, 3.8) is 0 Å². The number of nitrogens with two attached hydrogens (primary N) is 1. The van der Waals surface area contributed by atoms with Crippen molar-refractivity contribution in [2.24, 2.45) is 11.7 Å². The molecule has 19 heavy (non-hydrogen) atoms. The number of unbranched alkanes of at least 4 members (excludes halogenated alkanes) is 5. The maximum atomic E-state index is 6.40. The molecule has 1 aromatic carbocycles. The fraction of sp³-hybridized carbons (Fsp3) is 0.667. The molecule has 1 aromatic rings. The number of benzene rings is 1. The van der Waals surface area contributed by atoms with Gasteiger partial charge in [-0.2, -0.15) is 0 Å². The lowest BCUT2D eigenvalue weighted by molar-refractivity contribution is 0.400. The normalized spacial score (nSPS) is 16.5. The van der Waals surface area contributed by atoms with Gasteiger partial charge in [-0.25, -0.2) is 0 Å². The fourth-order valence-corrected chi connectivity index (χ4v) is 3.29. The van der Waals surface area contributed by atoms with Gasteiger partial charge in [0.1, 0.15) is 0 Å². The summed E-state index contributed by atoms with van der Waals surface area (Å²) in [5, 5.41) is 0. The van der Waals surface area contributed by atoms with E-state index in [-0.39, 0.29) is 0 Å². The van der Waals surface area contributed by atoms with Crippen LogP contribution in [0.25, 0.3) is 0 Å². The molecule has 1 nitrogen and oxygen atoms in total. The van der Waals surface area contributed by atoms with Crippen molar-refractivity contribution >= 4 is 0 Å². The first-order valence-electron chi connectivity index (χ1n) is 8.13. The van der Waals surface area contributed by atoms with Gasteiger partial charge in [0.15, 0.2) is 0 Å². The third kappa shape index (κ3) is 4.35. The van der Waals surface area contributed by atoms with E-state index in [0.717, 1.165) is 0 Å². The van der Waals surface area contributed by atoms with Crippen molar-refractivity contribution < 1.29 is 0 Å². The van der Waals surface area contributed by atoms with Crippen LogP contribution in [0.4, 0.5) is 0 Å². The van der Waals surface area contributed by atoms with Gasteiger partial charge >= 0.3 is 0 Å². The van der Waals surface area contributed by atoms with Gasteiger partial charge in [0, 0.05) is 6.04 Å². The summed E-state index contributed by atoms with van der Waals surface area (Å²) < 4.78 is 0. The van der Waals surface area contributed by atoms with Gasteiger partial charge in [0.2, 0.25) is 0 Å². The molecule has 1 aliphatic rings. The van der Waals surface area contributed by atoms with Gasteiger partial charge in [-0.15, -0.1) is 0 Å². The van der Waals surface area contributed by atoms with Gasteiger partial charge in [0.25, 0.3) is 0 Å². The fourth-order valence-electron chi connectivity index (χ4n) is 3.29. The monoisotopic (exact) mass is 259 g/mol. The van der Waals surface area contributed by atoms with Crippen molar-refractivity contribution in [3.8, 4) is 0 Å². The van der Waals surface area contributed by atoms with Gasteiger partial charge < -0.3 is 5.73 Å². The molecule has 1 unspecified atom stereocenters. The maximum Gasteiger partial charge on any atom is 0.00735 e. The van der Waals surface area contributed by atoms with E-state index >= 15 is 0 Å². The third-order valence-corrected chi connectivity index (χ3v) is 4.58. The smallest absolute Gasteiger partial charge is 0.00735 e. The first kappa shape index (κ1) is 14.6. The van der Waals surface area contributed by atoms with Gasteiger partial charge in [-0.3, -0.25) is 0 Å². The van der Waals surface area contributed by atoms with Gasteiger partial charge in [-0.05, 0) is 36.3 Å². The van der Waals surface area contributed by atoms with E-state index in [1.165, 1.54) is 68.9 Å². The summed E-state index contributed by atoms with van der Waals surface area (Å²) in [5.41, 5.74) is 9.47. The molecule has 1 atom stereocenters. The second-order valence-electron chi connectivity index (χ2n) is 6.16. The van der Waals surface area contributed by atoms with Crippen molar-refractivity contribution in [1.29, 1.82) is 0 Å². The van der Waals surface area contributed by atoms with Crippen molar-refractivity contribution in [2.75, 3.05) is 0 Å². The van der Waals surface area contributed by atoms with Crippen LogP contribution in [0.15, 0.2) is 24.3 Å². The SMILES string of the molecule is CCCCCCCCC(N)C1Cc2ccccc2C1. The molecule has 0 aromatic heterocycles. The lowest BCUT2D eigenvalue weighted by Crippen LogP contribution is -2.30. The summed E-state index contributed by atoms with van der Waals surface area (Å²) in [6, 6.07) is 9.25. The van der Waals surface area contributed by atoms with Crippen LogP contribution in [0, 0.1) is 5.92 Å². The van der Waals surface area contributed by atoms with Crippen LogP contribution >= 0.6 is 0 Å². The van der Waals surface area contributed by atoms with Crippen LogP contribution in [0.5, 0.6) is 0 Å². The summed E-state index contributed by atoms with van der Waals surface area (Å²) in [5.74, 6) is 0.688. The zero-order chi connectivity index (χ0) is 13.5. The number of fused-ring (bicyclic) bond motifs is 1. The van der Waals surface area contributed by atoms with E-state index in [0.29, 0.717) is 12.0 Å². The lowest BCUT2D eigenvalue weighted by Gasteiger charge is -2.18. The van der Waals surface area contributed by atoms with Crippen LogP contribution in [-0.4, -0.2) is 6.04 Å². The average molecular weight is 259 g/mol. The molecular formula is C18H29N. The zero-order valence-corrected chi connectivity index (χ0v) is 12.4. The lowest BCUT2D eigenvalue weighted by atomic mass is 9.92. The molecule has 0 aliphatic heterocycles. The third-order valence-electron chi connectivity index (χ3n) is 4.58. The Labute approximate surface area is 118 Å². The van der Waals surface area contributed by atoms with E-state index < -0.39 is 0 Å². The first-order valence-corrected chi connectivity index (χ1v) is 8.13. The summed E-state index contributed by atoms with van der Waals surface area (Å²) in [7, 11) is 0. The molecule has 0 fully saturated rings. The minimum atomic E-state index is 0.401. The average Bonchev–Trinajstić information content (AvgIpc) is 2.86. The molecule has 2 N–H and O–H groups in total. The van der Waals surface area contributed by atoms with Crippen molar-refractivity contribution in [1.82, 2.24) is 0 Å². The molecule has 2 rings (SSSR count). The van der Waals surface area contributed by atoms with Crippen LogP contribution in [0.3, 0.4) is 0 Å². The molecule has 106 valence electrons. The Balaban J connectivity index is 1.64. The summed E-state index contributed by atoms with van der Waals surface area (Å²) >= 11 is 0. The van der Waals surface area contributed by atoms with Crippen molar-refractivity contribution in [2.45, 2.75) is 70.8 Å². The highest BCUT2D eigenvalue weighted by Gasteiger charge is 2.25. The summed E-state index contributed by atoms with van der Waals surface area (Å²) in [6.45, 7) is 2.27. The molecule has 0 heterocycles. The van der Waals surface area contributed by atoms with E-state index in [4.69, 9.17) is 5.73 Å². The molecule has 1 aliphatic carbocycles. The largest absolute Gasteiger partial charge is 0.327 e. The van der Waals surface area contributed by atoms with E-state index in [1.807, 2.05) is 0 Å². The Kier molecular flexibility index (Phi) is 5.91. The molecular weight excluding hydrogens is 230 g/mol. The Morgan fingerprint density at radius 2 is 1.58 bits per heavy atom. The Hall–Kier alpha value is -0.820. The molecule has 0 saturated carbocycles. The molecule has 0 spiro atoms. The standard InChI is InChI=1S/C18H29N/c1-2-3-4-5-6-7-12-18(19)17-13-15-10-8-9-11-16(15)14-17/h8-11,17-18H,2-7,12-14,19H2,1H3. The molecule has 0 bridgehead atoms. The minimum absolute atomic E-state index is 0.401.